The Balaban J connectivity index is 0.00000140. The van der Waals surface area contributed by atoms with E-state index >= 15 is 0 Å². The van der Waals surface area contributed by atoms with Gasteiger partial charge in [0.2, 0.25) is 0 Å². The maximum Gasteiger partial charge on any atom is -1.00 e. The summed E-state index contributed by atoms with van der Waals surface area (Å²) in [7, 11) is 0. The van der Waals surface area contributed by atoms with Crippen LogP contribution in [0.15, 0.2) is 60.7 Å². The van der Waals surface area contributed by atoms with Crippen molar-refractivity contribution in [3.05, 3.63) is 82.9 Å². The third-order valence-electron chi connectivity index (χ3n) is 6.28. The van der Waals surface area contributed by atoms with Crippen LogP contribution >= 0.6 is 0 Å². The zero-order valence-corrected chi connectivity index (χ0v) is 22.2. The van der Waals surface area contributed by atoms with Crippen LogP contribution in [0.25, 0.3) is 11.6 Å². The quantitative estimate of drug-likeness (QED) is 0.519. The number of allylic oxidation sites excluding steroid dienone is 3. The molecule has 0 heterocycles. The van der Waals surface area contributed by atoms with Crippen molar-refractivity contribution in [3.63, 3.8) is 0 Å². The van der Waals surface area contributed by atoms with Crippen molar-refractivity contribution in [2.24, 2.45) is 5.92 Å². The molecule has 0 radical (unpaired) electrons. The first kappa shape index (κ1) is 23.9. The molecule has 0 aliphatic heterocycles. The number of hydrogen-bond acceptors (Lipinski definition) is 0. The summed E-state index contributed by atoms with van der Waals surface area (Å²) >= 11 is -1.72. The summed E-state index contributed by atoms with van der Waals surface area (Å²) in [5.41, 5.74) is 7.97. The van der Waals surface area contributed by atoms with Crippen LogP contribution in [0.1, 0.15) is 49.8 Å². The van der Waals surface area contributed by atoms with Crippen molar-refractivity contribution >= 4 is 17.6 Å². The van der Waals surface area contributed by atoms with Crippen LogP contribution in [0.4, 0.5) is 0 Å². The molecule has 2 aromatic rings. The molecule has 0 amide bonds. The van der Waals surface area contributed by atoms with Gasteiger partial charge in [0, 0.05) is 0 Å². The normalized spacial score (nSPS) is 20.0. The van der Waals surface area contributed by atoms with Gasteiger partial charge in [-0.1, -0.05) is 0 Å². The maximum absolute atomic E-state index is 2.73. The van der Waals surface area contributed by atoms with E-state index < -0.39 is 26.8 Å². The van der Waals surface area contributed by atoms with Crippen molar-refractivity contribution in [1.29, 1.82) is 0 Å². The molecule has 0 bridgehead atoms. The summed E-state index contributed by atoms with van der Waals surface area (Å²) in [5.74, 6) is -0.00390. The van der Waals surface area contributed by atoms with Crippen LogP contribution in [0.3, 0.4) is 0 Å². The summed E-state index contributed by atoms with van der Waals surface area (Å²) < 4.78 is 1.54. The van der Waals surface area contributed by atoms with E-state index in [1.165, 1.54) is 12.0 Å². The van der Waals surface area contributed by atoms with Crippen molar-refractivity contribution in [3.8, 4) is 0 Å². The third kappa shape index (κ3) is 4.22. The largest absolute Gasteiger partial charge is 1.00 e. The summed E-state index contributed by atoms with van der Waals surface area (Å²) in [4.78, 5) is 0. The zero-order valence-electron chi connectivity index (χ0n) is 17.1. The van der Waals surface area contributed by atoms with E-state index in [0.717, 1.165) is 7.25 Å². The third-order valence-corrected chi connectivity index (χ3v) is 27.6. The Morgan fingerprint density at radius 2 is 1.57 bits per heavy atom. The molecule has 0 aromatic heterocycles. The van der Waals surface area contributed by atoms with Gasteiger partial charge in [-0.2, -0.15) is 0 Å². The van der Waals surface area contributed by atoms with Gasteiger partial charge in [0.05, 0.1) is 0 Å². The SMILES string of the molecule is CCC(C)C1=C[CH]([Zr+2]([CH]2C=Cc3ccccc32)[SiH](C)C)c2ccccc21.[Cl-].[Cl-]. The number of hydrogen-bond donors (Lipinski definition) is 0. The predicted octanol–water partition coefficient (Wildman–Crippen LogP) is 0.549. The minimum absolute atomic E-state index is 0. The van der Waals surface area contributed by atoms with Crippen molar-refractivity contribution in [1.82, 2.24) is 0 Å². The number of benzene rings is 2. The summed E-state index contributed by atoms with van der Waals surface area (Å²) in [6.07, 6.45) is 8.94. The van der Waals surface area contributed by atoms with Gasteiger partial charge in [-0.3, -0.25) is 0 Å². The van der Waals surface area contributed by atoms with Crippen LogP contribution < -0.4 is 24.8 Å². The van der Waals surface area contributed by atoms with Crippen LogP contribution in [0.2, 0.25) is 13.1 Å². The number of fused-ring (bicyclic) bond motifs is 2. The number of halogens is 2. The fraction of sp³-hybridized carbons (Fsp3) is 0.333. The molecular weight excluding hydrogens is 478 g/mol. The van der Waals surface area contributed by atoms with Crippen LogP contribution in [-0.2, 0) is 20.9 Å². The molecule has 0 saturated carbocycles. The van der Waals surface area contributed by atoms with Crippen LogP contribution in [0, 0.1) is 5.92 Å². The number of rotatable bonds is 5. The Labute approximate surface area is 191 Å². The molecule has 0 N–H and O–H groups in total. The Hall–Kier alpha value is -0.400. The van der Waals surface area contributed by atoms with Crippen molar-refractivity contribution in [2.75, 3.05) is 0 Å². The maximum atomic E-state index is 2.73. The second kappa shape index (κ2) is 10.1. The standard InChI is InChI=1S/C13H15.C9H7.C2H7Si.2ClH.Zr/c1-3-10(2)12-9-8-11-6-4-5-7-13(11)12;1-2-5-9-7-3-6-8(9)4-1;1-3-2;;;/h4-10H,3H2,1-2H3;1-7H;3H,1-2H3;2*1H;/q;;;;;+2/p-2. The summed E-state index contributed by atoms with van der Waals surface area (Å²) in [6.45, 7) is 9.99. The van der Waals surface area contributed by atoms with Gasteiger partial charge in [0.15, 0.2) is 0 Å². The molecule has 2 aliphatic carbocycles. The fourth-order valence-electron chi connectivity index (χ4n) is 4.77. The van der Waals surface area contributed by atoms with Gasteiger partial charge < -0.3 is 24.8 Å². The van der Waals surface area contributed by atoms with Crippen LogP contribution in [0.5, 0.6) is 0 Å². The minimum atomic E-state index is -1.72. The second-order valence-electron chi connectivity index (χ2n) is 8.12. The molecule has 0 saturated heterocycles. The van der Waals surface area contributed by atoms with Gasteiger partial charge in [0.25, 0.3) is 0 Å². The average Bonchev–Trinajstić information content (AvgIpc) is 3.24. The Morgan fingerprint density at radius 3 is 2.25 bits per heavy atom. The first-order valence-corrected chi connectivity index (χ1v) is 20.0. The average molecular weight is 508 g/mol. The van der Waals surface area contributed by atoms with Gasteiger partial charge in [0.1, 0.15) is 0 Å². The second-order valence-corrected chi connectivity index (χ2v) is 28.4. The van der Waals surface area contributed by atoms with Crippen molar-refractivity contribution < 1.29 is 45.7 Å². The topological polar surface area (TPSA) is 0 Å². The summed E-state index contributed by atoms with van der Waals surface area (Å²) in [6, 6.07) is 18.5. The van der Waals surface area contributed by atoms with Gasteiger partial charge >= 0.3 is 168 Å². The molecule has 2 aliphatic rings. The zero-order chi connectivity index (χ0) is 18.3. The van der Waals surface area contributed by atoms with Gasteiger partial charge in [-0.15, -0.1) is 0 Å². The molecule has 0 spiro atoms. The summed E-state index contributed by atoms with van der Waals surface area (Å²) in [5, 5.41) is 0. The van der Waals surface area contributed by atoms with E-state index in [4.69, 9.17) is 0 Å². The Bertz CT molecular complexity index is 874. The minimum Gasteiger partial charge on any atom is -1.00 e. The first-order chi connectivity index (χ1) is 12.6. The van der Waals surface area contributed by atoms with E-state index in [2.05, 4.69) is 93.7 Å². The van der Waals surface area contributed by atoms with E-state index in [-0.39, 0.29) is 24.8 Å². The molecule has 147 valence electrons. The molecule has 3 atom stereocenters. The van der Waals surface area contributed by atoms with E-state index in [0.29, 0.717) is 5.92 Å². The molecule has 2 aromatic carbocycles. The Morgan fingerprint density at radius 1 is 0.929 bits per heavy atom. The molecule has 0 nitrogen and oxygen atoms in total. The molecule has 0 fully saturated rings. The Kier molecular flexibility index (Phi) is 8.59. The van der Waals surface area contributed by atoms with Crippen LogP contribution in [-0.4, -0.2) is 5.92 Å². The molecule has 4 rings (SSSR count). The fourth-order valence-corrected chi connectivity index (χ4v) is 25.8. The molecule has 4 heteroatoms. The monoisotopic (exact) mass is 505 g/mol. The van der Waals surface area contributed by atoms with E-state index in [9.17, 15) is 0 Å². The molecular formula is C24H29Cl2SiZr. The first-order valence-electron chi connectivity index (χ1n) is 10.1. The van der Waals surface area contributed by atoms with Gasteiger partial charge in [-0.05, 0) is 0 Å². The predicted molar refractivity (Wildman–Crippen MR) is 114 cm³/mol. The van der Waals surface area contributed by atoms with E-state index in [1.54, 1.807) is 22.3 Å². The van der Waals surface area contributed by atoms with Crippen molar-refractivity contribution in [2.45, 2.75) is 40.6 Å². The van der Waals surface area contributed by atoms with E-state index in [1.807, 2.05) is 0 Å². The molecule has 28 heavy (non-hydrogen) atoms. The smallest absolute Gasteiger partial charge is 1.00 e. The molecule has 3 unspecified atom stereocenters. The van der Waals surface area contributed by atoms with Gasteiger partial charge in [-0.25, -0.2) is 0 Å².